The fourth-order valence-corrected chi connectivity index (χ4v) is 2.79. The Morgan fingerprint density at radius 1 is 1.21 bits per heavy atom. The summed E-state index contributed by atoms with van der Waals surface area (Å²) in [4.78, 5) is 24.0. The summed E-state index contributed by atoms with van der Waals surface area (Å²) in [5.74, 6) is 0.804. The minimum atomic E-state index is -0.419. The van der Waals surface area contributed by atoms with Crippen LogP contribution in [0.5, 0.6) is 5.75 Å². The highest BCUT2D eigenvalue weighted by atomic mass is 16.6. The number of carbonyl (C=O) groups is 1. The molecule has 2 aromatic carbocycles. The number of amides is 1. The normalized spacial score (nSPS) is 15.4. The van der Waals surface area contributed by atoms with Crippen molar-refractivity contribution in [3.05, 3.63) is 64.2 Å². The van der Waals surface area contributed by atoms with E-state index in [2.05, 4.69) is 0 Å². The van der Waals surface area contributed by atoms with Gasteiger partial charge >= 0.3 is 0 Å². The largest absolute Gasteiger partial charge is 0.486 e. The van der Waals surface area contributed by atoms with E-state index in [-0.39, 0.29) is 17.7 Å². The first-order chi connectivity index (χ1) is 11.5. The third-order valence-electron chi connectivity index (χ3n) is 4.09. The molecule has 1 amide bonds. The Morgan fingerprint density at radius 2 is 1.96 bits per heavy atom. The van der Waals surface area contributed by atoms with E-state index in [1.807, 2.05) is 31.2 Å². The minimum Gasteiger partial charge on any atom is -0.486 e. The van der Waals surface area contributed by atoms with Gasteiger partial charge in [-0.05, 0) is 43.2 Å². The van der Waals surface area contributed by atoms with Crippen LogP contribution in [0, 0.1) is 10.1 Å². The fraction of sp³-hybridized carbons (Fsp3) is 0.278. The molecular formula is C18H18N2O4. The molecule has 2 aromatic rings. The molecule has 124 valence electrons. The number of anilines is 1. The Kier molecular flexibility index (Phi) is 4.46. The summed E-state index contributed by atoms with van der Waals surface area (Å²) >= 11 is 0. The van der Waals surface area contributed by atoms with Crippen LogP contribution in [-0.4, -0.2) is 17.4 Å². The average molecular weight is 326 g/mol. The molecule has 6 heteroatoms. The molecule has 0 N–H and O–H groups in total. The van der Waals surface area contributed by atoms with Crippen LogP contribution >= 0.6 is 0 Å². The number of nitro groups is 1. The molecule has 0 spiro atoms. The quantitative estimate of drug-likeness (QED) is 0.618. The second-order valence-electron chi connectivity index (χ2n) is 5.76. The summed E-state index contributed by atoms with van der Waals surface area (Å²) in [5, 5.41) is 10.9. The Bertz CT molecular complexity index is 758. The Morgan fingerprint density at radius 3 is 2.58 bits per heavy atom. The lowest BCUT2D eigenvalue weighted by Gasteiger charge is -2.18. The van der Waals surface area contributed by atoms with Crippen LogP contribution in [-0.2, 0) is 4.79 Å². The maximum absolute atomic E-state index is 11.7. The van der Waals surface area contributed by atoms with E-state index in [9.17, 15) is 14.9 Å². The van der Waals surface area contributed by atoms with E-state index in [0.29, 0.717) is 12.2 Å². The van der Waals surface area contributed by atoms with Crippen LogP contribution in [0.15, 0.2) is 48.5 Å². The highest BCUT2D eigenvalue weighted by Gasteiger charge is 2.21. The van der Waals surface area contributed by atoms with Crippen molar-refractivity contribution >= 4 is 17.3 Å². The molecule has 3 rings (SSSR count). The summed E-state index contributed by atoms with van der Waals surface area (Å²) in [6.45, 7) is 2.60. The highest BCUT2D eigenvalue weighted by Crippen LogP contribution is 2.27. The van der Waals surface area contributed by atoms with Gasteiger partial charge in [0.1, 0.15) is 11.9 Å². The van der Waals surface area contributed by atoms with Gasteiger partial charge in [-0.2, -0.15) is 0 Å². The van der Waals surface area contributed by atoms with Gasteiger partial charge in [-0.3, -0.25) is 14.9 Å². The highest BCUT2D eigenvalue weighted by molar-refractivity contribution is 5.95. The molecular weight excluding hydrogens is 308 g/mol. The monoisotopic (exact) mass is 326 g/mol. The van der Waals surface area contributed by atoms with Gasteiger partial charge in [-0.1, -0.05) is 12.1 Å². The molecule has 0 radical (unpaired) electrons. The number of hydrogen-bond acceptors (Lipinski definition) is 4. The van der Waals surface area contributed by atoms with Crippen LogP contribution < -0.4 is 9.64 Å². The van der Waals surface area contributed by atoms with E-state index >= 15 is 0 Å². The number of rotatable bonds is 5. The molecule has 1 saturated heterocycles. The van der Waals surface area contributed by atoms with Crippen molar-refractivity contribution in [3.8, 4) is 5.75 Å². The lowest BCUT2D eigenvalue weighted by atomic mass is 10.1. The third-order valence-corrected chi connectivity index (χ3v) is 4.09. The predicted octanol–water partition coefficient (Wildman–Crippen LogP) is 3.86. The van der Waals surface area contributed by atoms with Crippen LogP contribution in [0.4, 0.5) is 11.4 Å². The number of non-ortho nitro benzene ring substituents is 1. The Labute approximate surface area is 139 Å². The van der Waals surface area contributed by atoms with Crippen LogP contribution in [0.25, 0.3) is 0 Å². The SMILES string of the molecule is C[C@@H](Oc1ccc(N2CCCC2=O)cc1)c1cccc([N+](=O)[O-])c1. The number of benzene rings is 2. The zero-order chi connectivity index (χ0) is 17.1. The first-order valence-corrected chi connectivity index (χ1v) is 7.86. The van der Waals surface area contributed by atoms with Gasteiger partial charge < -0.3 is 9.64 Å². The minimum absolute atomic E-state index is 0.0471. The van der Waals surface area contributed by atoms with Crippen molar-refractivity contribution in [1.29, 1.82) is 0 Å². The molecule has 1 fully saturated rings. The summed E-state index contributed by atoms with van der Waals surface area (Å²) in [6, 6.07) is 13.8. The fourth-order valence-electron chi connectivity index (χ4n) is 2.79. The smallest absolute Gasteiger partial charge is 0.269 e. The number of hydrogen-bond donors (Lipinski definition) is 0. The number of nitrogens with zero attached hydrogens (tertiary/aromatic N) is 2. The van der Waals surface area contributed by atoms with Crippen molar-refractivity contribution in [2.45, 2.75) is 25.9 Å². The van der Waals surface area contributed by atoms with E-state index in [1.54, 1.807) is 17.0 Å². The average Bonchev–Trinajstić information content (AvgIpc) is 3.01. The number of ether oxygens (including phenoxy) is 1. The molecule has 1 atom stereocenters. The predicted molar refractivity (Wildman–Crippen MR) is 90.2 cm³/mol. The molecule has 1 aliphatic rings. The van der Waals surface area contributed by atoms with Gasteiger partial charge in [-0.15, -0.1) is 0 Å². The van der Waals surface area contributed by atoms with Gasteiger partial charge in [0.15, 0.2) is 0 Å². The third kappa shape index (κ3) is 3.37. The summed E-state index contributed by atoms with van der Waals surface area (Å²) in [5.41, 5.74) is 1.65. The van der Waals surface area contributed by atoms with E-state index in [0.717, 1.165) is 24.2 Å². The molecule has 1 heterocycles. The van der Waals surface area contributed by atoms with Gasteiger partial charge in [-0.25, -0.2) is 0 Å². The molecule has 0 saturated carbocycles. The second kappa shape index (κ2) is 6.70. The molecule has 0 aromatic heterocycles. The summed E-state index contributed by atoms with van der Waals surface area (Å²) in [6.07, 6.45) is 1.17. The summed E-state index contributed by atoms with van der Waals surface area (Å²) in [7, 11) is 0. The van der Waals surface area contributed by atoms with Crippen molar-refractivity contribution in [3.63, 3.8) is 0 Å². The van der Waals surface area contributed by atoms with E-state index in [4.69, 9.17) is 4.74 Å². The van der Waals surface area contributed by atoms with Gasteiger partial charge in [0.2, 0.25) is 5.91 Å². The zero-order valence-corrected chi connectivity index (χ0v) is 13.3. The van der Waals surface area contributed by atoms with Crippen LogP contribution in [0.2, 0.25) is 0 Å². The molecule has 0 unspecified atom stereocenters. The lowest BCUT2D eigenvalue weighted by Crippen LogP contribution is -2.23. The van der Waals surface area contributed by atoms with Crippen molar-refractivity contribution in [1.82, 2.24) is 0 Å². The molecule has 0 bridgehead atoms. The number of nitro benzene ring substituents is 1. The van der Waals surface area contributed by atoms with Gasteiger partial charge in [0.05, 0.1) is 4.92 Å². The summed E-state index contributed by atoms with van der Waals surface area (Å²) < 4.78 is 5.85. The van der Waals surface area contributed by atoms with Crippen LogP contribution in [0.1, 0.15) is 31.4 Å². The number of carbonyl (C=O) groups excluding carboxylic acids is 1. The molecule has 6 nitrogen and oxygen atoms in total. The van der Waals surface area contributed by atoms with Gasteiger partial charge in [0, 0.05) is 30.8 Å². The standard InChI is InChI=1S/C18H18N2O4/c1-13(14-4-2-5-16(12-14)20(22)23)24-17-9-7-15(8-10-17)19-11-3-6-18(19)21/h2,4-5,7-10,12-13H,3,6,11H2,1H3/t13-/m1/s1. The zero-order valence-electron chi connectivity index (χ0n) is 13.3. The molecule has 0 aliphatic carbocycles. The van der Waals surface area contributed by atoms with Gasteiger partial charge in [0.25, 0.3) is 5.69 Å². The molecule has 1 aliphatic heterocycles. The van der Waals surface area contributed by atoms with E-state index in [1.165, 1.54) is 12.1 Å². The Hall–Kier alpha value is -2.89. The van der Waals surface area contributed by atoms with E-state index < -0.39 is 4.92 Å². The van der Waals surface area contributed by atoms with Crippen LogP contribution in [0.3, 0.4) is 0 Å². The lowest BCUT2D eigenvalue weighted by molar-refractivity contribution is -0.385. The Balaban J connectivity index is 1.70. The maximum atomic E-state index is 11.7. The van der Waals surface area contributed by atoms with Crippen molar-refractivity contribution < 1.29 is 14.5 Å². The van der Waals surface area contributed by atoms with Crippen molar-refractivity contribution in [2.75, 3.05) is 11.4 Å². The second-order valence-corrected chi connectivity index (χ2v) is 5.76. The first kappa shape index (κ1) is 16.0. The van der Waals surface area contributed by atoms with Crippen molar-refractivity contribution in [2.24, 2.45) is 0 Å². The molecule has 24 heavy (non-hydrogen) atoms. The topological polar surface area (TPSA) is 72.7 Å². The first-order valence-electron chi connectivity index (χ1n) is 7.86. The maximum Gasteiger partial charge on any atom is 0.269 e.